The van der Waals surface area contributed by atoms with E-state index in [1.165, 1.54) is 14.3 Å². The molecule has 5 heteroatoms. The molecular weight excluding hydrogens is 320 g/mol. The number of rotatable bonds is 6. The van der Waals surface area contributed by atoms with Crippen LogP contribution in [-0.2, 0) is 6.42 Å². The monoisotopic (exact) mass is 336 g/mol. The minimum absolute atomic E-state index is 0.314. The number of pyridine rings is 1. The standard InChI is InChI=1S/C16H17ClN2S2/c1-2-5-19-13(8-11-3-6-18-10-12(11)17)15-9-16-14(21-15)4-7-20-16/h3-4,6-7,9-10,13,19H,2,5,8H2,1H3. The molecule has 0 aliphatic rings. The van der Waals surface area contributed by atoms with E-state index in [-0.39, 0.29) is 0 Å². The van der Waals surface area contributed by atoms with Gasteiger partial charge < -0.3 is 5.32 Å². The highest BCUT2D eigenvalue weighted by molar-refractivity contribution is 7.26. The van der Waals surface area contributed by atoms with Crippen LogP contribution in [0.15, 0.2) is 36.0 Å². The summed E-state index contributed by atoms with van der Waals surface area (Å²) in [6.45, 7) is 3.20. The third kappa shape index (κ3) is 3.46. The van der Waals surface area contributed by atoms with Crippen molar-refractivity contribution in [2.24, 2.45) is 0 Å². The molecule has 0 radical (unpaired) electrons. The number of aromatic nitrogens is 1. The highest BCUT2D eigenvalue weighted by Crippen LogP contribution is 2.35. The minimum Gasteiger partial charge on any atom is -0.309 e. The van der Waals surface area contributed by atoms with Crippen molar-refractivity contribution in [1.82, 2.24) is 10.3 Å². The van der Waals surface area contributed by atoms with Crippen molar-refractivity contribution in [2.75, 3.05) is 6.54 Å². The van der Waals surface area contributed by atoms with Crippen LogP contribution in [0.2, 0.25) is 5.02 Å². The summed E-state index contributed by atoms with van der Waals surface area (Å²) in [6.07, 6.45) is 5.56. The van der Waals surface area contributed by atoms with Gasteiger partial charge in [-0.25, -0.2) is 0 Å². The van der Waals surface area contributed by atoms with E-state index < -0.39 is 0 Å². The molecule has 110 valence electrons. The Balaban J connectivity index is 1.86. The first-order valence-electron chi connectivity index (χ1n) is 7.06. The Morgan fingerprint density at radius 3 is 3.00 bits per heavy atom. The van der Waals surface area contributed by atoms with Gasteiger partial charge in [0, 0.05) is 32.7 Å². The first-order valence-corrected chi connectivity index (χ1v) is 9.14. The molecule has 0 bridgehead atoms. The fourth-order valence-electron chi connectivity index (χ4n) is 2.34. The summed E-state index contributed by atoms with van der Waals surface area (Å²) in [5.74, 6) is 0. The predicted octanol–water partition coefficient (Wildman–Crippen LogP) is 5.29. The molecule has 21 heavy (non-hydrogen) atoms. The molecule has 0 aliphatic heterocycles. The second-order valence-corrected chi connectivity index (χ2v) is 7.45. The Morgan fingerprint density at radius 1 is 1.33 bits per heavy atom. The highest BCUT2D eigenvalue weighted by Gasteiger charge is 2.16. The minimum atomic E-state index is 0.314. The molecule has 0 fully saturated rings. The summed E-state index contributed by atoms with van der Waals surface area (Å²) in [5.41, 5.74) is 1.15. The van der Waals surface area contributed by atoms with Crippen molar-refractivity contribution in [1.29, 1.82) is 0 Å². The highest BCUT2D eigenvalue weighted by atomic mass is 35.5. The summed E-state index contributed by atoms with van der Waals surface area (Å²) in [4.78, 5) is 5.45. The summed E-state index contributed by atoms with van der Waals surface area (Å²) in [5, 5.41) is 6.55. The van der Waals surface area contributed by atoms with E-state index >= 15 is 0 Å². The summed E-state index contributed by atoms with van der Waals surface area (Å²) in [7, 11) is 0. The van der Waals surface area contributed by atoms with Crippen LogP contribution < -0.4 is 5.32 Å². The van der Waals surface area contributed by atoms with Crippen LogP contribution in [0.5, 0.6) is 0 Å². The van der Waals surface area contributed by atoms with E-state index in [0.29, 0.717) is 6.04 Å². The van der Waals surface area contributed by atoms with Crippen molar-refractivity contribution >= 4 is 43.7 Å². The number of nitrogens with zero attached hydrogens (tertiary/aromatic N) is 1. The van der Waals surface area contributed by atoms with Crippen molar-refractivity contribution < 1.29 is 0 Å². The zero-order valence-electron chi connectivity index (χ0n) is 11.8. The van der Waals surface area contributed by atoms with Crippen molar-refractivity contribution in [3.8, 4) is 0 Å². The molecule has 0 aromatic carbocycles. The fraction of sp³-hybridized carbons (Fsp3) is 0.312. The molecule has 0 saturated carbocycles. The average molecular weight is 337 g/mol. The van der Waals surface area contributed by atoms with Gasteiger partial charge in [0.25, 0.3) is 0 Å². The lowest BCUT2D eigenvalue weighted by molar-refractivity contribution is 0.537. The van der Waals surface area contributed by atoms with Crippen molar-refractivity contribution in [3.05, 3.63) is 51.4 Å². The lowest BCUT2D eigenvalue weighted by Gasteiger charge is -2.17. The third-order valence-corrected chi connectivity index (χ3v) is 5.97. The molecule has 3 aromatic rings. The molecule has 1 atom stereocenters. The molecule has 0 aliphatic carbocycles. The molecule has 2 nitrogen and oxygen atoms in total. The Bertz CT molecular complexity index is 691. The lowest BCUT2D eigenvalue weighted by Crippen LogP contribution is -2.23. The van der Waals surface area contributed by atoms with Gasteiger partial charge in [0.1, 0.15) is 0 Å². The van der Waals surface area contributed by atoms with E-state index in [1.807, 2.05) is 23.6 Å². The predicted molar refractivity (Wildman–Crippen MR) is 93.7 cm³/mol. The Kier molecular flexibility index (Phi) is 4.91. The van der Waals surface area contributed by atoms with Gasteiger partial charge in [0.2, 0.25) is 0 Å². The molecule has 3 aromatic heterocycles. The third-order valence-electron chi connectivity index (χ3n) is 3.42. The Morgan fingerprint density at radius 2 is 2.24 bits per heavy atom. The number of thiophene rings is 2. The molecule has 3 heterocycles. The molecule has 1 unspecified atom stereocenters. The lowest BCUT2D eigenvalue weighted by atomic mass is 10.1. The smallest absolute Gasteiger partial charge is 0.0622 e. The van der Waals surface area contributed by atoms with Crippen LogP contribution in [0.25, 0.3) is 9.40 Å². The zero-order valence-corrected chi connectivity index (χ0v) is 14.2. The number of halogens is 1. The van der Waals surface area contributed by atoms with E-state index in [0.717, 1.165) is 30.0 Å². The molecule has 0 saturated heterocycles. The van der Waals surface area contributed by atoms with E-state index in [2.05, 4.69) is 34.7 Å². The Labute approximate surface area is 137 Å². The largest absolute Gasteiger partial charge is 0.309 e. The van der Waals surface area contributed by atoms with Gasteiger partial charge in [-0.05, 0) is 48.5 Å². The second-order valence-electron chi connectivity index (χ2n) is 4.98. The van der Waals surface area contributed by atoms with E-state index in [1.54, 1.807) is 17.5 Å². The molecule has 3 rings (SSSR count). The number of hydrogen-bond donors (Lipinski definition) is 1. The fourth-order valence-corrected chi connectivity index (χ4v) is 4.73. The maximum Gasteiger partial charge on any atom is 0.0622 e. The quantitative estimate of drug-likeness (QED) is 0.661. The number of fused-ring (bicyclic) bond motifs is 1. The van der Waals surface area contributed by atoms with Crippen LogP contribution in [0, 0.1) is 0 Å². The van der Waals surface area contributed by atoms with Gasteiger partial charge in [0.05, 0.1) is 5.02 Å². The molecule has 0 amide bonds. The number of nitrogens with one attached hydrogen (secondary N) is 1. The zero-order chi connectivity index (χ0) is 14.7. The maximum atomic E-state index is 6.26. The van der Waals surface area contributed by atoms with E-state index in [9.17, 15) is 0 Å². The normalized spacial score (nSPS) is 12.9. The molecule has 0 spiro atoms. The number of hydrogen-bond acceptors (Lipinski definition) is 4. The van der Waals surface area contributed by atoms with E-state index in [4.69, 9.17) is 11.6 Å². The Hall–Kier alpha value is -0.940. The first-order chi connectivity index (χ1) is 10.3. The maximum absolute atomic E-state index is 6.26. The van der Waals surface area contributed by atoms with Gasteiger partial charge in [-0.15, -0.1) is 22.7 Å². The van der Waals surface area contributed by atoms with Gasteiger partial charge >= 0.3 is 0 Å². The van der Waals surface area contributed by atoms with Crippen molar-refractivity contribution in [3.63, 3.8) is 0 Å². The summed E-state index contributed by atoms with van der Waals surface area (Å²) in [6, 6.07) is 6.84. The SMILES string of the molecule is CCCNC(Cc1ccncc1Cl)c1cc2sccc2s1. The summed E-state index contributed by atoms with van der Waals surface area (Å²) >= 11 is 9.94. The van der Waals surface area contributed by atoms with Crippen LogP contribution in [-0.4, -0.2) is 11.5 Å². The topological polar surface area (TPSA) is 24.9 Å². The molecule has 1 N–H and O–H groups in total. The van der Waals surface area contributed by atoms with Gasteiger partial charge in [0.15, 0.2) is 0 Å². The average Bonchev–Trinajstić information content (AvgIpc) is 3.06. The van der Waals surface area contributed by atoms with Gasteiger partial charge in [-0.1, -0.05) is 18.5 Å². The van der Waals surface area contributed by atoms with Gasteiger partial charge in [-0.2, -0.15) is 0 Å². The molecular formula is C16H17ClN2S2. The van der Waals surface area contributed by atoms with Crippen molar-refractivity contribution in [2.45, 2.75) is 25.8 Å². The van der Waals surface area contributed by atoms with Crippen LogP contribution in [0.4, 0.5) is 0 Å². The van der Waals surface area contributed by atoms with Gasteiger partial charge in [-0.3, -0.25) is 4.98 Å². The van der Waals surface area contributed by atoms with Crippen LogP contribution >= 0.6 is 34.3 Å². The summed E-state index contributed by atoms with van der Waals surface area (Å²) < 4.78 is 2.75. The first kappa shape index (κ1) is 15.0. The van der Waals surface area contributed by atoms with Crippen LogP contribution in [0.3, 0.4) is 0 Å². The second kappa shape index (κ2) is 6.88. The van der Waals surface area contributed by atoms with Crippen LogP contribution in [0.1, 0.15) is 29.8 Å².